The second-order valence-electron chi connectivity index (χ2n) is 3.59. The van der Waals surface area contributed by atoms with Gasteiger partial charge in [-0.05, 0) is 18.4 Å². The standard InChI is InChI=1S/C8H12ClN3O2S/c9-5-7-2-4-12(6-7)15(13,14)8-1-3-10-11-8/h1,3,7H,2,4-6H2,(H,10,11). The van der Waals surface area contributed by atoms with Gasteiger partial charge >= 0.3 is 0 Å². The molecule has 2 rings (SSSR count). The van der Waals surface area contributed by atoms with Gasteiger partial charge in [-0.2, -0.15) is 9.40 Å². The van der Waals surface area contributed by atoms with Gasteiger partial charge in [-0.3, -0.25) is 5.10 Å². The third-order valence-electron chi connectivity index (χ3n) is 2.56. The lowest BCUT2D eigenvalue weighted by Crippen LogP contribution is -2.29. The Kier molecular flexibility index (Phi) is 2.99. The Morgan fingerprint density at radius 1 is 1.67 bits per heavy atom. The fraction of sp³-hybridized carbons (Fsp3) is 0.625. The summed E-state index contributed by atoms with van der Waals surface area (Å²) in [5, 5.41) is 6.27. The van der Waals surface area contributed by atoms with E-state index in [1.54, 1.807) is 0 Å². The van der Waals surface area contributed by atoms with Gasteiger partial charge in [-0.25, -0.2) is 8.42 Å². The maximum Gasteiger partial charge on any atom is 0.259 e. The van der Waals surface area contributed by atoms with Crippen molar-refractivity contribution in [2.24, 2.45) is 5.92 Å². The van der Waals surface area contributed by atoms with Crippen LogP contribution < -0.4 is 0 Å². The predicted molar refractivity (Wildman–Crippen MR) is 56.2 cm³/mol. The second kappa shape index (κ2) is 4.11. The first kappa shape index (κ1) is 10.9. The van der Waals surface area contributed by atoms with Crippen molar-refractivity contribution in [3.63, 3.8) is 0 Å². The molecular formula is C8H12ClN3O2S. The van der Waals surface area contributed by atoms with Crippen LogP contribution in [0.1, 0.15) is 6.42 Å². The van der Waals surface area contributed by atoms with E-state index in [1.165, 1.54) is 16.6 Å². The second-order valence-corrected chi connectivity index (χ2v) is 5.81. The van der Waals surface area contributed by atoms with Crippen molar-refractivity contribution in [2.75, 3.05) is 19.0 Å². The molecule has 0 aromatic carbocycles. The van der Waals surface area contributed by atoms with Crippen LogP contribution in [0.25, 0.3) is 0 Å². The van der Waals surface area contributed by atoms with Gasteiger partial charge in [0.25, 0.3) is 10.0 Å². The zero-order valence-electron chi connectivity index (χ0n) is 8.06. The minimum absolute atomic E-state index is 0.151. The van der Waals surface area contributed by atoms with Crippen molar-refractivity contribution in [2.45, 2.75) is 11.4 Å². The third-order valence-corrected chi connectivity index (χ3v) is 4.79. The molecule has 0 saturated carbocycles. The van der Waals surface area contributed by atoms with Crippen molar-refractivity contribution in [3.05, 3.63) is 12.3 Å². The SMILES string of the molecule is O=S(=O)(c1ccn[nH]1)N1CCC(CCl)C1. The summed E-state index contributed by atoms with van der Waals surface area (Å²) >= 11 is 5.71. The molecule has 1 N–H and O–H groups in total. The van der Waals surface area contributed by atoms with Crippen molar-refractivity contribution in [3.8, 4) is 0 Å². The highest BCUT2D eigenvalue weighted by Crippen LogP contribution is 2.23. The number of H-pyrrole nitrogens is 1. The van der Waals surface area contributed by atoms with Crippen LogP contribution in [-0.2, 0) is 10.0 Å². The van der Waals surface area contributed by atoms with Crippen LogP contribution in [0.15, 0.2) is 17.3 Å². The molecule has 5 nitrogen and oxygen atoms in total. The van der Waals surface area contributed by atoms with Crippen LogP contribution in [0.4, 0.5) is 0 Å². The van der Waals surface area contributed by atoms with Gasteiger partial charge in [-0.15, -0.1) is 11.6 Å². The molecule has 0 aliphatic carbocycles. The lowest BCUT2D eigenvalue weighted by molar-refractivity contribution is 0.462. The molecule has 0 bridgehead atoms. The summed E-state index contributed by atoms with van der Waals surface area (Å²) in [7, 11) is -3.38. The number of hydrogen-bond donors (Lipinski definition) is 1. The molecule has 1 unspecified atom stereocenters. The molecule has 1 aromatic heterocycles. The van der Waals surface area contributed by atoms with Crippen LogP contribution in [-0.4, -0.2) is 41.9 Å². The molecule has 1 aliphatic heterocycles. The predicted octanol–water partition coefficient (Wildman–Crippen LogP) is 0.659. The number of rotatable bonds is 3. The van der Waals surface area contributed by atoms with E-state index in [4.69, 9.17) is 11.6 Å². The maximum absolute atomic E-state index is 12.0. The molecule has 84 valence electrons. The zero-order valence-corrected chi connectivity index (χ0v) is 9.63. The topological polar surface area (TPSA) is 66.1 Å². The maximum atomic E-state index is 12.0. The Labute approximate surface area is 93.5 Å². The monoisotopic (exact) mass is 249 g/mol. The van der Waals surface area contributed by atoms with Gasteiger partial charge < -0.3 is 0 Å². The Morgan fingerprint density at radius 3 is 3.00 bits per heavy atom. The molecular weight excluding hydrogens is 238 g/mol. The fourth-order valence-corrected chi connectivity index (χ4v) is 3.35. The number of alkyl halides is 1. The van der Waals surface area contributed by atoms with Gasteiger partial charge in [0.15, 0.2) is 5.03 Å². The average Bonchev–Trinajstić information content (AvgIpc) is 2.89. The molecule has 0 amide bonds. The van der Waals surface area contributed by atoms with Gasteiger partial charge in [0, 0.05) is 19.0 Å². The van der Waals surface area contributed by atoms with E-state index in [1.807, 2.05) is 0 Å². The van der Waals surface area contributed by atoms with Crippen LogP contribution >= 0.6 is 11.6 Å². The molecule has 0 spiro atoms. The van der Waals surface area contributed by atoms with Crippen molar-refractivity contribution in [1.29, 1.82) is 0 Å². The lowest BCUT2D eigenvalue weighted by Gasteiger charge is -2.14. The van der Waals surface area contributed by atoms with Crippen LogP contribution in [0.5, 0.6) is 0 Å². The minimum atomic E-state index is -3.38. The number of halogens is 1. The first-order chi connectivity index (χ1) is 7.14. The molecule has 15 heavy (non-hydrogen) atoms. The minimum Gasteiger partial charge on any atom is -0.266 e. The number of hydrogen-bond acceptors (Lipinski definition) is 3. The lowest BCUT2D eigenvalue weighted by atomic mass is 10.2. The Morgan fingerprint density at radius 2 is 2.47 bits per heavy atom. The van der Waals surface area contributed by atoms with Gasteiger partial charge in [0.2, 0.25) is 0 Å². The quantitative estimate of drug-likeness (QED) is 0.801. The van der Waals surface area contributed by atoms with Crippen LogP contribution in [0.2, 0.25) is 0 Å². The van der Waals surface area contributed by atoms with Crippen molar-refractivity contribution in [1.82, 2.24) is 14.5 Å². The third kappa shape index (κ3) is 2.02. The molecule has 1 fully saturated rings. The largest absolute Gasteiger partial charge is 0.266 e. The number of nitrogens with one attached hydrogen (secondary N) is 1. The zero-order chi connectivity index (χ0) is 10.9. The fourth-order valence-electron chi connectivity index (χ4n) is 1.67. The summed E-state index contributed by atoms with van der Waals surface area (Å²) in [4.78, 5) is 0. The number of nitrogens with zero attached hydrogens (tertiary/aromatic N) is 2. The average molecular weight is 250 g/mol. The van der Waals surface area contributed by atoms with Crippen molar-refractivity contribution >= 4 is 21.6 Å². The van der Waals surface area contributed by atoms with E-state index < -0.39 is 10.0 Å². The molecule has 1 saturated heterocycles. The van der Waals surface area contributed by atoms with Crippen molar-refractivity contribution < 1.29 is 8.42 Å². The van der Waals surface area contributed by atoms with Gasteiger partial charge in [0.1, 0.15) is 0 Å². The highest BCUT2D eigenvalue weighted by molar-refractivity contribution is 7.89. The van der Waals surface area contributed by atoms with Gasteiger partial charge in [-0.1, -0.05) is 0 Å². The van der Waals surface area contributed by atoms with E-state index >= 15 is 0 Å². The van der Waals surface area contributed by atoms with E-state index in [0.29, 0.717) is 19.0 Å². The Balaban J connectivity index is 2.18. The highest BCUT2D eigenvalue weighted by atomic mass is 35.5. The highest BCUT2D eigenvalue weighted by Gasteiger charge is 2.32. The number of sulfonamides is 1. The van der Waals surface area contributed by atoms with Crippen LogP contribution in [0, 0.1) is 5.92 Å². The normalized spacial score (nSPS) is 23.4. The smallest absolute Gasteiger partial charge is 0.259 e. The number of aromatic nitrogens is 2. The summed E-state index contributed by atoms with van der Waals surface area (Å²) in [5.74, 6) is 0.777. The summed E-state index contributed by atoms with van der Waals surface area (Å²) in [6, 6.07) is 1.46. The summed E-state index contributed by atoms with van der Waals surface area (Å²) in [6.45, 7) is 1.05. The number of aromatic amines is 1. The van der Waals surface area contributed by atoms with E-state index in [2.05, 4.69) is 10.2 Å². The first-order valence-corrected chi connectivity index (χ1v) is 6.67. The summed E-state index contributed by atoms with van der Waals surface area (Å²) in [6.07, 6.45) is 2.26. The molecule has 7 heteroatoms. The molecule has 2 heterocycles. The Hall–Kier alpha value is -0.590. The van der Waals surface area contributed by atoms with Crippen LogP contribution in [0.3, 0.4) is 0 Å². The first-order valence-electron chi connectivity index (χ1n) is 4.70. The summed E-state index contributed by atoms with van der Waals surface area (Å²) < 4.78 is 25.4. The molecule has 1 aliphatic rings. The molecule has 1 atom stereocenters. The van der Waals surface area contributed by atoms with Gasteiger partial charge in [0.05, 0.1) is 6.20 Å². The molecule has 1 aromatic rings. The van der Waals surface area contributed by atoms with E-state index in [9.17, 15) is 8.42 Å². The summed E-state index contributed by atoms with van der Waals surface area (Å²) in [5.41, 5.74) is 0. The van der Waals surface area contributed by atoms with E-state index in [0.717, 1.165) is 6.42 Å². The Bertz CT molecular complexity index is 417. The van der Waals surface area contributed by atoms with E-state index in [-0.39, 0.29) is 10.9 Å². The molecule has 0 radical (unpaired) electrons.